The van der Waals surface area contributed by atoms with Crippen LogP contribution >= 0.6 is 0 Å². The molecule has 1 N–H and O–H groups in total. The zero-order valence-electron chi connectivity index (χ0n) is 17.3. The highest BCUT2D eigenvalue weighted by Crippen LogP contribution is 2.29. The smallest absolute Gasteiger partial charge is 0.416 e. The number of alkyl halides is 3. The number of benzene rings is 2. The minimum absolute atomic E-state index is 0.303. The monoisotopic (exact) mass is 429 g/mol. The molecule has 2 aromatic carbocycles. The van der Waals surface area contributed by atoms with E-state index in [1.807, 2.05) is 30.5 Å². The number of anilines is 1. The van der Waals surface area contributed by atoms with Gasteiger partial charge in [-0.1, -0.05) is 6.07 Å². The molecule has 3 aromatic rings. The van der Waals surface area contributed by atoms with Crippen molar-refractivity contribution >= 4 is 17.9 Å². The fraction of sp³-hybridized carbons (Fsp3) is 0.217. The molecule has 0 aliphatic rings. The average Bonchev–Trinajstić information content (AvgIpc) is 3.01. The number of nitrogens with zero attached hydrogens (tertiary/aromatic N) is 2. The van der Waals surface area contributed by atoms with Crippen molar-refractivity contribution in [2.24, 2.45) is 5.10 Å². The zero-order chi connectivity index (χ0) is 22.6. The number of carbonyl (C=O) groups is 1. The molecule has 0 radical (unpaired) electrons. The number of nitrogens with one attached hydrogen (secondary N) is 1. The summed E-state index contributed by atoms with van der Waals surface area (Å²) in [5.74, 6) is -0.380. The summed E-state index contributed by atoms with van der Waals surface area (Å²) in [6, 6.07) is 13.7. The molecule has 8 heteroatoms. The number of hydrogen-bond donors (Lipinski definition) is 1. The lowest BCUT2D eigenvalue weighted by Gasteiger charge is -2.11. The third-order valence-corrected chi connectivity index (χ3v) is 4.70. The van der Waals surface area contributed by atoms with Crippen LogP contribution in [0.25, 0.3) is 5.69 Å². The van der Waals surface area contributed by atoms with Gasteiger partial charge in [0.15, 0.2) is 0 Å². The molecular formula is C23H22F3N3O2. The van der Waals surface area contributed by atoms with E-state index in [0.717, 1.165) is 34.8 Å². The number of ether oxygens (including phenoxy) is 1. The van der Waals surface area contributed by atoms with E-state index in [9.17, 15) is 18.0 Å². The van der Waals surface area contributed by atoms with Crippen molar-refractivity contribution in [1.29, 1.82) is 0 Å². The number of hydrazone groups is 1. The van der Waals surface area contributed by atoms with Gasteiger partial charge in [0.1, 0.15) is 0 Å². The first kappa shape index (κ1) is 22.1. The van der Waals surface area contributed by atoms with E-state index in [1.165, 1.54) is 12.1 Å². The van der Waals surface area contributed by atoms with Gasteiger partial charge in [0, 0.05) is 22.6 Å². The predicted molar refractivity (Wildman–Crippen MR) is 114 cm³/mol. The summed E-state index contributed by atoms with van der Waals surface area (Å²) in [6.07, 6.45) is -2.77. The van der Waals surface area contributed by atoms with Gasteiger partial charge in [-0.3, -0.25) is 5.43 Å². The number of esters is 1. The summed E-state index contributed by atoms with van der Waals surface area (Å²) in [5, 5.41) is 4.14. The number of carbonyl (C=O) groups excluding carboxylic acids is 1. The largest absolute Gasteiger partial charge is 0.462 e. The highest BCUT2D eigenvalue weighted by molar-refractivity contribution is 5.90. The summed E-state index contributed by atoms with van der Waals surface area (Å²) < 4.78 is 45.0. The maximum Gasteiger partial charge on any atom is 0.416 e. The molecule has 0 fully saturated rings. The molecular weight excluding hydrogens is 407 g/mol. The van der Waals surface area contributed by atoms with Crippen LogP contribution in [0.15, 0.2) is 59.7 Å². The number of aryl methyl sites for hydroxylation is 1. The van der Waals surface area contributed by atoms with Crippen LogP contribution in [0, 0.1) is 13.8 Å². The van der Waals surface area contributed by atoms with E-state index in [4.69, 9.17) is 4.74 Å². The second-order valence-corrected chi connectivity index (χ2v) is 6.88. The van der Waals surface area contributed by atoms with Gasteiger partial charge in [-0.2, -0.15) is 18.3 Å². The highest BCUT2D eigenvalue weighted by atomic mass is 19.4. The minimum Gasteiger partial charge on any atom is -0.462 e. The Morgan fingerprint density at radius 1 is 1.13 bits per heavy atom. The number of hydrogen-bond acceptors (Lipinski definition) is 4. The topological polar surface area (TPSA) is 55.6 Å². The molecule has 0 bridgehead atoms. The van der Waals surface area contributed by atoms with E-state index >= 15 is 0 Å². The Labute approximate surface area is 178 Å². The molecule has 0 saturated heterocycles. The van der Waals surface area contributed by atoms with Crippen molar-refractivity contribution in [2.45, 2.75) is 26.9 Å². The van der Waals surface area contributed by atoms with Crippen LogP contribution in [0.1, 0.15) is 39.8 Å². The van der Waals surface area contributed by atoms with Gasteiger partial charge in [0.25, 0.3) is 0 Å². The van der Waals surface area contributed by atoms with Gasteiger partial charge >= 0.3 is 12.1 Å². The molecule has 0 atom stereocenters. The molecule has 1 aromatic heterocycles. The molecule has 3 rings (SSSR count). The molecule has 0 spiro atoms. The molecule has 1 heterocycles. The Balaban J connectivity index is 1.79. The maximum absolute atomic E-state index is 12.6. The van der Waals surface area contributed by atoms with Crippen LogP contribution < -0.4 is 5.43 Å². The first-order valence-corrected chi connectivity index (χ1v) is 9.63. The van der Waals surface area contributed by atoms with Gasteiger partial charge in [-0.05, 0) is 69.3 Å². The van der Waals surface area contributed by atoms with Gasteiger partial charge in [-0.25, -0.2) is 4.79 Å². The Kier molecular flexibility index (Phi) is 6.48. The van der Waals surface area contributed by atoms with Crippen molar-refractivity contribution in [3.8, 4) is 5.69 Å². The van der Waals surface area contributed by atoms with Crippen molar-refractivity contribution in [2.75, 3.05) is 12.0 Å². The quantitative estimate of drug-likeness (QED) is 0.309. The third kappa shape index (κ3) is 5.14. The predicted octanol–water partition coefficient (Wildman–Crippen LogP) is 5.74. The molecule has 0 saturated carbocycles. The Hall–Kier alpha value is -3.55. The summed E-state index contributed by atoms with van der Waals surface area (Å²) in [5.41, 5.74) is 6.42. The molecule has 0 aliphatic carbocycles. The maximum atomic E-state index is 12.6. The third-order valence-electron chi connectivity index (χ3n) is 4.70. The van der Waals surface area contributed by atoms with E-state index in [2.05, 4.69) is 10.5 Å². The lowest BCUT2D eigenvalue weighted by molar-refractivity contribution is -0.137. The van der Waals surface area contributed by atoms with E-state index in [1.54, 1.807) is 31.3 Å². The van der Waals surface area contributed by atoms with Crippen LogP contribution in [0.2, 0.25) is 0 Å². The normalized spacial score (nSPS) is 11.7. The summed E-state index contributed by atoms with van der Waals surface area (Å²) in [6.45, 7) is 5.91. The number of halogens is 3. The van der Waals surface area contributed by atoms with Crippen LogP contribution in [0.5, 0.6) is 0 Å². The van der Waals surface area contributed by atoms with E-state index < -0.39 is 11.7 Å². The van der Waals surface area contributed by atoms with Crippen molar-refractivity contribution in [3.05, 3.63) is 82.7 Å². The van der Waals surface area contributed by atoms with Crippen LogP contribution in [-0.4, -0.2) is 23.4 Å². The number of rotatable bonds is 6. The lowest BCUT2D eigenvalue weighted by atomic mass is 10.2. The van der Waals surface area contributed by atoms with Crippen molar-refractivity contribution < 1.29 is 22.7 Å². The summed E-state index contributed by atoms with van der Waals surface area (Å²) in [7, 11) is 0. The Bertz CT molecular complexity index is 1100. The first-order valence-electron chi connectivity index (χ1n) is 9.63. The average molecular weight is 429 g/mol. The first-order chi connectivity index (χ1) is 14.7. The van der Waals surface area contributed by atoms with Crippen LogP contribution in [0.4, 0.5) is 18.9 Å². The summed E-state index contributed by atoms with van der Waals surface area (Å²) in [4.78, 5) is 12.0. The van der Waals surface area contributed by atoms with Crippen LogP contribution in [0.3, 0.4) is 0 Å². The minimum atomic E-state index is -4.37. The molecule has 162 valence electrons. The molecule has 0 amide bonds. The fourth-order valence-corrected chi connectivity index (χ4v) is 3.21. The lowest BCUT2D eigenvalue weighted by Crippen LogP contribution is -2.06. The second-order valence-electron chi connectivity index (χ2n) is 6.88. The zero-order valence-corrected chi connectivity index (χ0v) is 17.3. The second kappa shape index (κ2) is 9.07. The standard InChI is InChI=1S/C23H22F3N3O2/c1-4-31-22(30)17-6-5-7-21(13-17)29-15(2)12-18(16(29)3)14-27-28-20-10-8-19(9-11-20)23(24,25)26/h5-14,28H,4H2,1-3H3/b27-14+. The van der Waals surface area contributed by atoms with E-state index in [0.29, 0.717) is 17.9 Å². The SMILES string of the molecule is CCOC(=O)c1cccc(-n2c(C)cc(/C=N/Nc3ccc(C(F)(F)F)cc3)c2C)c1. The number of aromatic nitrogens is 1. The molecule has 0 aliphatic heterocycles. The van der Waals surface area contributed by atoms with Crippen molar-refractivity contribution in [1.82, 2.24) is 4.57 Å². The van der Waals surface area contributed by atoms with Crippen molar-refractivity contribution in [3.63, 3.8) is 0 Å². The molecule has 5 nitrogen and oxygen atoms in total. The van der Waals surface area contributed by atoms with Gasteiger partial charge in [0.2, 0.25) is 0 Å². The molecule has 31 heavy (non-hydrogen) atoms. The van der Waals surface area contributed by atoms with Gasteiger partial charge in [-0.15, -0.1) is 0 Å². The Morgan fingerprint density at radius 2 is 1.84 bits per heavy atom. The van der Waals surface area contributed by atoms with Gasteiger partial charge < -0.3 is 9.30 Å². The molecule has 0 unspecified atom stereocenters. The van der Waals surface area contributed by atoms with Crippen LogP contribution in [-0.2, 0) is 10.9 Å². The fourth-order valence-electron chi connectivity index (χ4n) is 3.21. The Morgan fingerprint density at radius 3 is 2.48 bits per heavy atom. The highest BCUT2D eigenvalue weighted by Gasteiger charge is 2.29. The van der Waals surface area contributed by atoms with Gasteiger partial charge in [0.05, 0.1) is 29.6 Å². The summed E-state index contributed by atoms with van der Waals surface area (Å²) >= 11 is 0. The van der Waals surface area contributed by atoms with E-state index in [-0.39, 0.29) is 5.97 Å².